The molecule has 0 aliphatic heterocycles. The van der Waals surface area contributed by atoms with E-state index in [2.05, 4.69) is 27.1 Å². The van der Waals surface area contributed by atoms with Gasteiger partial charge in [0.05, 0.1) is 19.1 Å². The predicted octanol–water partition coefficient (Wildman–Crippen LogP) is 3.79. The highest BCUT2D eigenvalue weighted by Crippen LogP contribution is 2.26. The molecule has 108 valence electrons. The van der Waals surface area contributed by atoms with Gasteiger partial charge in [0.2, 0.25) is 5.28 Å². The van der Waals surface area contributed by atoms with E-state index in [1.165, 1.54) is 0 Å². The van der Waals surface area contributed by atoms with Gasteiger partial charge in [0.15, 0.2) is 11.4 Å². The lowest BCUT2D eigenvalue weighted by atomic mass is 10.2. The number of nitrogens with zero attached hydrogens (tertiary/aromatic N) is 4. The van der Waals surface area contributed by atoms with Gasteiger partial charge < -0.3 is 8.98 Å². The largest absolute Gasteiger partial charge is 0.463 e. The molecule has 0 bridgehead atoms. The van der Waals surface area contributed by atoms with Crippen LogP contribution >= 0.6 is 11.6 Å². The van der Waals surface area contributed by atoms with Crippen LogP contribution in [0, 0.1) is 0 Å². The van der Waals surface area contributed by atoms with Crippen molar-refractivity contribution in [1.82, 2.24) is 19.5 Å². The molecule has 0 fully saturated rings. The molecule has 22 heavy (non-hydrogen) atoms. The lowest BCUT2D eigenvalue weighted by Crippen LogP contribution is -2.00. The fraction of sp³-hybridized carbons (Fsp3) is 0.0625. The Balaban J connectivity index is 1.85. The number of furan rings is 1. The zero-order valence-electron chi connectivity index (χ0n) is 11.5. The van der Waals surface area contributed by atoms with Crippen LogP contribution in [0.5, 0.6) is 0 Å². The number of halogens is 1. The van der Waals surface area contributed by atoms with Crippen molar-refractivity contribution < 1.29 is 4.42 Å². The van der Waals surface area contributed by atoms with E-state index in [9.17, 15) is 0 Å². The van der Waals surface area contributed by atoms with Crippen LogP contribution in [0.15, 0.2) is 59.5 Å². The molecule has 0 saturated carbocycles. The lowest BCUT2D eigenvalue weighted by molar-refractivity contribution is 0.580. The predicted molar refractivity (Wildman–Crippen MR) is 83.6 cm³/mol. The third-order valence-electron chi connectivity index (χ3n) is 3.39. The molecule has 4 aromatic rings. The molecule has 0 atom stereocenters. The quantitative estimate of drug-likeness (QED) is 0.540. The Hall–Kier alpha value is -2.66. The van der Waals surface area contributed by atoms with Crippen molar-refractivity contribution in [3.8, 4) is 11.5 Å². The van der Waals surface area contributed by atoms with Crippen molar-refractivity contribution >= 4 is 22.8 Å². The summed E-state index contributed by atoms with van der Waals surface area (Å²) < 4.78 is 7.36. The molecule has 3 heterocycles. The molecule has 0 aliphatic carbocycles. The van der Waals surface area contributed by atoms with Gasteiger partial charge >= 0.3 is 0 Å². The smallest absolute Gasteiger partial charge is 0.225 e. The van der Waals surface area contributed by atoms with Crippen LogP contribution < -0.4 is 0 Å². The van der Waals surface area contributed by atoms with E-state index in [1.54, 1.807) is 18.7 Å². The topological polar surface area (TPSA) is 56.7 Å². The van der Waals surface area contributed by atoms with Gasteiger partial charge in [-0.1, -0.05) is 30.3 Å². The first-order chi connectivity index (χ1) is 10.8. The molecule has 0 spiro atoms. The molecule has 0 unspecified atom stereocenters. The Kier molecular flexibility index (Phi) is 3.12. The molecule has 4 rings (SSSR count). The van der Waals surface area contributed by atoms with Crippen molar-refractivity contribution in [3.63, 3.8) is 0 Å². The summed E-state index contributed by atoms with van der Waals surface area (Å²) in [5.41, 5.74) is 3.13. The Morgan fingerprint density at radius 3 is 2.68 bits per heavy atom. The van der Waals surface area contributed by atoms with Crippen LogP contribution in [0.1, 0.15) is 5.56 Å². The second-order valence-corrected chi connectivity index (χ2v) is 5.19. The highest BCUT2D eigenvalue weighted by atomic mass is 35.5. The SMILES string of the molecule is Clc1nc(-c2ccco2)c2ncn(Cc3ccccc3)c2n1. The molecule has 5 nitrogen and oxygen atoms in total. The third-order valence-corrected chi connectivity index (χ3v) is 3.56. The summed E-state index contributed by atoms with van der Waals surface area (Å²) >= 11 is 6.07. The fourth-order valence-corrected chi connectivity index (χ4v) is 2.56. The van der Waals surface area contributed by atoms with E-state index in [0.717, 1.165) is 5.56 Å². The highest BCUT2D eigenvalue weighted by Gasteiger charge is 2.16. The standard InChI is InChI=1S/C16H11ClN4O/c17-16-19-13(12-7-4-8-22-12)14-15(20-16)21(10-18-14)9-11-5-2-1-3-6-11/h1-8,10H,9H2. The van der Waals surface area contributed by atoms with Crippen LogP contribution in [0.25, 0.3) is 22.6 Å². The van der Waals surface area contributed by atoms with Crippen molar-refractivity contribution in [2.24, 2.45) is 0 Å². The van der Waals surface area contributed by atoms with Crippen LogP contribution in [0.3, 0.4) is 0 Å². The Morgan fingerprint density at radius 1 is 1.05 bits per heavy atom. The Morgan fingerprint density at radius 2 is 1.91 bits per heavy atom. The first-order valence-corrected chi connectivity index (χ1v) is 7.15. The summed E-state index contributed by atoms with van der Waals surface area (Å²) in [5.74, 6) is 0.624. The van der Waals surface area contributed by atoms with Crippen molar-refractivity contribution in [2.45, 2.75) is 6.54 Å². The van der Waals surface area contributed by atoms with Crippen molar-refractivity contribution in [3.05, 3.63) is 65.9 Å². The number of rotatable bonds is 3. The summed E-state index contributed by atoms with van der Waals surface area (Å²) in [6.45, 7) is 0.669. The molecule has 3 aromatic heterocycles. The van der Waals surface area contributed by atoms with Crippen molar-refractivity contribution in [2.75, 3.05) is 0 Å². The van der Waals surface area contributed by atoms with Crippen molar-refractivity contribution in [1.29, 1.82) is 0 Å². The average Bonchev–Trinajstić information content (AvgIpc) is 3.18. The maximum absolute atomic E-state index is 6.07. The first kappa shape index (κ1) is 13.0. The van der Waals surface area contributed by atoms with Gasteiger partial charge in [-0.05, 0) is 29.3 Å². The minimum absolute atomic E-state index is 0.175. The second kappa shape index (κ2) is 5.27. The van der Waals surface area contributed by atoms with Gasteiger partial charge in [-0.3, -0.25) is 0 Å². The minimum Gasteiger partial charge on any atom is -0.463 e. The summed E-state index contributed by atoms with van der Waals surface area (Å²) in [5, 5.41) is 0.175. The summed E-state index contributed by atoms with van der Waals surface area (Å²) in [7, 11) is 0. The molecular formula is C16H11ClN4O. The summed E-state index contributed by atoms with van der Waals surface area (Å²) in [6.07, 6.45) is 3.34. The molecule has 0 amide bonds. The number of aromatic nitrogens is 4. The molecule has 0 N–H and O–H groups in total. The Labute approximate surface area is 131 Å². The summed E-state index contributed by atoms with van der Waals surface area (Å²) in [6, 6.07) is 13.7. The maximum Gasteiger partial charge on any atom is 0.225 e. The summed E-state index contributed by atoms with van der Waals surface area (Å²) in [4.78, 5) is 13.0. The van der Waals surface area contributed by atoms with Crippen LogP contribution in [-0.4, -0.2) is 19.5 Å². The van der Waals surface area contributed by atoms with E-state index >= 15 is 0 Å². The maximum atomic E-state index is 6.07. The minimum atomic E-state index is 0.175. The molecule has 0 saturated heterocycles. The van der Waals surface area contributed by atoms with E-state index in [-0.39, 0.29) is 5.28 Å². The number of hydrogen-bond donors (Lipinski definition) is 0. The normalized spacial score (nSPS) is 11.1. The van der Waals surface area contributed by atoms with E-state index < -0.39 is 0 Å². The van der Waals surface area contributed by atoms with Crippen LogP contribution in [-0.2, 0) is 6.54 Å². The zero-order valence-corrected chi connectivity index (χ0v) is 12.2. The highest BCUT2D eigenvalue weighted by molar-refractivity contribution is 6.28. The van der Waals surface area contributed by atoms with Gasteiger partial charge in [-0.25, -0.2) is 9.97 Å². The van der Waals surface area contributed by atoms with Gasteiger partial charge in [0.25, 0.3) is 0 Å². The van der Waals surface area contributed by atoms with Crippen LogP contribution in [0.2, 0.25) is 5.28 Å². The van der Waals surface area contributed by atoms with E-state index in [4.69, 9.17) is 16.0 Å². The number of benzene rings is 1. The van der Waals surface area contributed by atoms with E-state index in [0.29, 0.717) is 29.2 Å². The van der Waals surface area contributed by atoms with Gasteiger partial charge in [-0.15, -0.1) is 0 Å². The third kappa shape index (κ3) is 2.25. The molecule has 6 heteroatoms. The zero-order chi connectivity index (χ0) is 14.9. The molecule has 1 aromatic carbocycles. The fourth-order valence-electron chi connectivity index (χ4n) is 2.40. The van der Waals surface area contributed by atoms with E-state index in [1.807, 2.05) is 28.8 Å². The number of hydrogen-bond acceptors (Lipinski definition) is 4. The molecule has 0 radical (unpaired) electrons. The molecule has 0 aliphatic rings. The number of fused-ring (bicyclic) bond motifs is 1. The van der Waals surface area contributed by atoms with Crippen LogP contribution in [0.4, 0.5) is 0 Å². The monoisotopic (exact) mass is 310 g/mol. The second-order valence-electron chi connectivity index (χ2n) is 4.85. The molecular weight excluding hydrogens is 300 g/mol. The van der Waals surface area contributed by atoms with Gasteiger partial charge in [0, 0.05) is 0 Å². The first-order valence-electron chi connectivity index (χ1n) is 6.77. The average molecular weight is 311 g/mol. The number of imidazole rings is 1. The Bertz CT molecular complexity index is 916. The van der Waals surface area contributed by atoms with Gasteiger partial charge in [-0.2, -0.15) is 4.98 Å². The lowest BCUT2D eigenvalue weighted by Gasteiger charge is -2.04. The van der Waals surface area contributed by atoms with Gasteiger partial charge in [0.1, 0.15) is 11.2 Å².